The van der Waals surface area contributed by atoms with Crippen LogP contribution in [0.3, 0.4) is 0 Å². The molecule has 2 unspecified atom stereocenters. The number of halogens is 1. The Labute approximate surface area is 94.0 Å². The van der Waals surface area contributed by atoms with Crippen LogP contribution in [-0.2, 0) is 0 Å². The third-order valence-corrected chi connectivity index (χ3v) is 3.44. The highest BCUT2D eigenvalue weighted by Crippen LogP contribution is 2.44. The first-order chi connectivity index (χ1) is 6.85. The Morgan fingerprint density at radius 2 is 2.07 bits per heavy atom. The van der Waals surface area contributed by atoms with Crippen LogP contribution in [-0.4, -0.2) is 6.67 Å². The maximum Gasteiger partial charge on any atom is 0.0899 e. The lowest BCUT2D eigenvalue weighted by atomic mass is 9.84. The zero-order chi connectivity index (χ0) is 11.5. The second kappa shape index (κ2) is 4.67. The summed E-state index contributed by atoms with van der Waals surface area (Å²) in [5.41, 5.74) is 0.542. The summed E-state index contributed by atoms with van der Waals surface area (Å²) in [4.78, 5) is 0. The molecule has 0 heterocycles. The molecule has 0 aromatic heterocycles. The predicted molar refractivity (Wildman–Crippen MR) is 64.6 cm³/mol. The van der Waals surface area contributed by atoms with Gasteiger partial charge in [-0.3, -0.25) is 4.39 Å². The lowest BCUT2D eigenvalue weighted by Gasteiger charge is -2.22. The fraction of sp³-hybridized carbons (Fsp3) is 0.857. The summed E-state index contributed by atoms with van der Waals surface area (Å²) in [5.74, 6) is 0.681. The second-order valence-corrected chi connectivity index (χ2v) is 6.48. The van der Waals surface area contributed by atoms with E-state index in [4.69, 9.17) is 0 Å². The molecule has 1 fully saturated rings. The standard InChI is InChI=1S/C14H25F/c1-13(2,3)7-5-12-6-8-14(4,11-12)9-10-15/h5,7,12H,6,8-11H2,1-4H3. The van der Waals surface area contributed by atoms with Crippen molar-refractivity contribution in [3.05, 3.63) is 12.2 Å². The van der Waals surface area contributed by atoms with Gasteiger partial charge in [0.25, 0.3) is 0 Å². The molecule has 1 saturated carbocycles. The van der Waals surface area contributed by atoms with Gasteiger partial charge < -0.3 is 0 Å². The van der Waals surface area contributed by atoms with E-state index in [9.17, 15) is 4.39 Å². The molecule has 0 N–H and O–H groups in total. The van der Waals surface area contributed by atoms with Crippen molar-refractivity contribution in [2.45, 2.75) is 53.4 Å². The van der Waals surface area contributed by atoms with Crippen LogP contribution in [0.25, 0.3) is 0 Å². The number of allylic oxidation sites excluding steroid dienone is 2. The van der Waals surface area contributed by atoms with Crippen LogP contribution in [0.15, 0.2) is 12.2 Å². The molecule has 0 nitrogen and oxygen atoms in total. The maximum absolute atomic E-state index is 12.4. The normalized spacial score (nSPS) is 32.7. The number of alkyl halides is 1. The predicted octanol–water partition coefficient (Wildman–Crippen LogP) is 4.75. The summed E-state index contributed by atoms with van der Waals surface area (Å²) in [6.07, 6.45) is 9.00. The second-order valence-electron chi connectivity index (χ2n) is 6.48. The molecule has 1 heteroatoms. The highest BCUT2D eigenvalue weighted by atomic mass is 19.1. The van der Waals surface area contributed by atoms with Crippen LogP contribution in [0.1, 0.15) is 53.4 Å². The van der Waals surface area contributed by atoms with Crippen LogP contribution < -0.4 is 0 Å². The van der Waals surface area contributed by atoms with Crippen LogP contribution in [0.2, 0.25) is 0 Å². The Kier molecular flexibility index (Phi) is 3.97. The highest BCUT2D eigenvalue weighted by Gasteiger charge is 2.33. The van der Waals surface area contributed by atoms with Gasteiger partial charge >= 0.3 is 0 Å². The molecule has 1 rings (SSSR count). The highest BCUT2D eigenvalue weighted by molar-refractivity contribution is 5.00. The Morgan fingerprint density at radius 3 is 2.60 bits per heavy atom. The van der Waals surface area contributed by atoms with E-state index in [2.05, 4.69) is 39.8 Å². The molecule has 0 radical (unpaired) electrons. The molecule has 0 aromatic rings. The van der Waals surface area contributed by atoms with Gasteiger partial charge in [-0.1, -0.05) is 39.8 Å². The summed E-state index contributed by atoms with van der Waals surface area (Å²) in [5, 5.41) is 0. The minimum Gasteiger partial charge on any atom is -0.251 e. The average Bonchev–Trinajstić information content (AvgIpc) is 2.44. The molecule has 0 aromatic carbocycles. The van der Waals surface area contributed by atoms with Crippen molar-refractivity contribution < 1.29 is 4.39 Å². The molecule has 0 saturated heterocycles. The maximum atomic E-state index is 12.4. The minimum absolute atomic E-state index is 0.161. The molecule has 1 aliphatic rings. The number of hydrogen-bond donors (Lipinski definition) is 0. The summed E-state index contributed by atoms with van der Waals surface area (Å²) in [6, 6.07) is 0. The first kappa shape index (κ1) is 12.7. The molecule has 15 heavy (non-hydrogen) atoms. The summed E-state index contributed by atoms with van der Waals surface area (Å²) >= 11 is 0. The zero-order valence-electron chi connectivity index (χ0n) is 10.6. The zero-order valence-corrected chi connectivity index (χ0v) is 10.6. The van der Waals surface area contributed by atoms with E-state index in [-0.39, 0.29) is 17.5 Å². The van der Waals surface area contributed by atoms with E-state index in [0.717, 1.165) is 6.42 Å². The minimum atomic E-state index is -0.161. The lowest BCUT2D eigenvalue weighted by molar-refractivity contribution is 0.263. The van der Waals surface area contributed by atoms with Gasteiger partial charge in [0, 0.05) is 0 Å². The van der Waals surface area contributed by atoms with Crippen LogP contribution in [0, 0.1) is 16.7 Å². The molecule has 0 aliphatic heterocycles. The molecule has 0 amide bonds. The number of rotatable bonds is 3. The van der Waals surface area contributed by atoms with Gasteiger partial charge in [0.15, 0.2) is 0 Å². The van der Waals surface area contributed by atoms with Crippen LogP contribution in [0.4, 0.5) is 4.39 Å². The van der Waals surface area contributed by atoms with E-state index in [1.807, 2.05) is 0 Å². The summed E-state index contributed by atoms with van der Waals surface area (Å²) in [6.45, 7) is 8.74. The van der Waals surface area contributed by atoms with Crippen molar-refractivity contribution in [1.29, 1.82) is 0 Å². The summed E-state index contributed by atoms with van der Waals surface area (Å²) in [7, 11) is 0. The van der Waals surface area contributed by atoms with Crippen molar-refractivity contribution in [3.8, 4) is 0 Å². The molecule has 2 atom stereocenters. The van der Waals surface area contributed by atoms with Crippen molar-refractivity contribution in [2.24, 2.45) is 16.7 Å². The SMILES string of the molecule is CC(C)(C)C=CC1CCC(C)(CCF)C1. The average molecular weight is 212 g/mol. The van der Waals surface area contributed by atoms with Gasteiger partial charge in [-0.05, 0) is 42.4 Å². The van der Waals surface area contributed by atoms with E-state index in [1.165, 1.54) is 19.3 Å². The Hall–Kier alpha value is -0.330. The third-order valence-electron chi connectivity index (χ3n) is 3.44. The largest absolute Gasteiger partial charge is 0.251 e. The van der Waals surface area contributed by atoms with Gasteiger partial charge in [-0.15, -0.1) is 0 Å². The van der Waals surface area contributed by atoms with Gasteiger partial charge in [0.1, 0.15) is 0 Å². The van der Waals surface area contributed by atoms with Gasteiger partial charge in [0.2, 0.25) is 0 Å². The third kappa shape index (κ3) is 4.36. The smallest absolute Gasteiger partial charge is 0.0899 e. The van der Waals surface area contributed by atoms with E-state index in [1.54, 1.807) is 0 Å². The van der Waals surface area contributed by atoms with Crippen molar-refractivity contribution in [2.75, 3.05) is 6.67 Å². The molecule has 88 valence electrons. The fourth-order valence-corrected chi connectivity index (χ4v) is 2.42. The molecular weight excluding hydrogens is 187 g/mol. The van der Waals surface area contributed by atoms with Crippen molar-refractivity contribution >= 4 is 0 Å². The topological polar surface area (TPSA) is 0 Å². The first-order valence-electron chi connectivity index (χ1n) is 6.10. The molecule has 0 bridgehead atoms. The van der Waals surface area contributed by atoms with Crippen LogP contribution in [0.5, 0.6) is 0 Å². The Balaban J connectivity index is 2.46. The van der Waals surface area contributed by atoms with Gasteiger partial charge in [0.05, 0.1) is 6.67 Å². The monoisotopic (exact) mass is 212 g/mol. The quantitative estimate of drug-likeness (QED) is 0.592. The van der Waals surface area contributed by atoms with E-state index in [0.29, 0.717) is 5.92 Å². The van der Waals surface area contributed by atoms with E-state index >= 15 is 0 Å². The molecule has 0 spiro atoms. The van der Waals surface area contributed by atoms with Crippen molar-refractivity contribution in [1.82, 2.24) is 0 Å². The Bertz CT molecular complexity index is 224. The fourth-order valence-electron chi connectivity index (χ4n) is 2.42. The van der Waals surface area contributed by atoms with Gasteiger partial charge in [-0.25, -0.2) is 0 Å². The van der Waals surface area contributed by atoms with E-state index < -0.39 is 0 Å². The number of hydrogen-bond acceptors (Lipinski definition) is 0. The first-order valence-corrected chi connectivity index (χ1v) is 6.10. The summed E-state index contributed by atoms with van der Waals surface area (Å²) < 4.78 is 12.4. The molecule has 1 aliphatic carbocycles. The van der Waals surface area contributed by atoms with Crippen LogP contribution >= 0.6 is 0 Å². The van der Waals surface area contributed by atoms with Crippen molar-refractivity contribution in [3.63, 3.8) is 0 Å². The molecular formula is C14H25F. The van der Waals surface area contributed by atoms with Gasteiger partial charge in [-0.2, -0.15) is 0 Å². The Morgan fingerprint density at radius 1 is 1.40 bits per heavy atom. The lowest BCUT2D eigenvalue weighted by Crippen LogP contribution is -2.12.